The second kappa shape index (κ2) is 10.2. The molecule has 0 saturated heterocycles. The molecule has 1 aliphatic rings. The van der Waals surface area contributed by atoms with Crippen LogP contribution in [-0.2, 0) is 17.9 Å². The average molecular weight is 462 g/mol. The molecule has 0 unspecified atom stereocenters. The van der Waals surface area contributed by atoms with Crippen LogP contribution < -0.4 is 5.32 Å². The molecule has 1 aliphatic carbocycles. The van der Waals surface area contributed by atoms with Crippen LogP contribution in [0.15, 0.2) is 60.7 Å². The molecule has 172 valence electrons. The molecule has 5 nitrogen and oxygen atoms in total. The van der Waals surface area contributed by atoms with Gasteiger partial charge in [-0.15, -0.1) is 11.3 Å². The predicted octanol–water partition coefficient (Wildman–Crippen LogP) is 5.90. The number of nitrogens with one attached hydrogen (secondary N) is 1. The number of nitrogens with zero attached hydrogens (tertiary/aromatic N) is 2. The van der Waals surface area contributed by atoms with Gasteiger partial charge in [0.2, 0.25) is 5.91 Å². The van der Waals surface area contributed by atoms with E-state index in [1.807, 2.05) is 67.3 Å². The van der Waals surface area contributed by atoms with Crippen LogP contribution >= 0.6 is 11.3 Å². The molecule has 0 spiro atoms. The van der Waals surface area contributed by atoms with E-state index in [2.05, 4.69) is 24.4 Å². The van der Waals surface area contributed by atoms with E-state index in [4.69, 9.17) is 0 Å². The van der Waals surface area contributed by atoms with Crippen molar-refractivity contribution in [1.82, 2.24) is 9.80 Å². The molecule has 1 heterocycles. The number of thiophene rings is 1. The number of amides is 3. The first-order valence-corrected chi connectivity index (χ1v) is 12.2. The summed E-state index contributed by atoms with van der Waals surface area (Å²) in [6.07, 6.45) is 1.88. The Bertz CT molecular complexity index is 1120. The van der Waals surface area contributed by atoms with Gasteiger partial charge in [-0.2, -0.15) is 0 Å². The average Bonchev–Trinajstić information content (AvgIpc) is 3.56. The first kappa shape index (κ1) is 23.1. The Morgan fingerprint density at radius 3 is 2.36 bits per heavy atom. The molecule has 4 rings (SSSR count). The zero-order chi connectivity index (χ0) is 23.4. The molecule has 0 bridgehead atoms. The van der Waals surface area contributed by atoms with Gasteiger partial charge in [0.15, 0.2) is 0 Å². The number of anilines is 1. The number of urea groups is 1. The molecule has 2 aromatic carbocycles. The van der Waals surface area contributed by atoms with Gasteiger partial charge in [0.1, 0.15) is 6.54 Å². The highest BCUT2D eigenvalue weighted by molar-refractivity contribution is 7.11. The smallest absolute Gasteiger partial charge is 0.322 e. The van der Waals surface area contributed by atoms with Crippen molar-refractivity contribution >= 4 is 29.0 Å². The van der Waals surface area contributed by atoms with Gasteiger partial charge in [-0.3, -0.25) is 4.79 Å². The largest absolute Gasteiger partial charge is 0.332 e. The Morgan fingerprint density at radius 1 is 0.939 bits per heavy atom. The van der Waals surface area contributed by atoms with Gasteiger partial charge in [0, 0.05) is 28.0 Å². The summed E-state index contributed by atoms with van der Waals surface area (Å²) in [7, 11) is 0. The van der Waals surface area contributed by atoms with Gasteiger partial charge in [-0.1, -0.05) is 42.5 Å². The number of carbonyl (C=O) groups excluding carboxylic acids is 2. The van der Waals surface area contributed by atoms with Crippen LogP contribution in [0.1, 0.15) is 39.3 Å². The minimum absolute atomic E-state index is 0.0343. The summed E-state index contributed by atoms with van der Waals surface area (Å²) in [5.74, 6) is -0.0343. The van der Waals surface area contributed by atoms with Crippen molar-refractivity contribution in [3.05, 3.63) is 87.1 Å². The van der Waals surface area contributed by atoms with Crippen molar-refractivity contribution in [2.45, 2.75) is 52.7 Å². The fraction of sp³-hybridized carbons (Fsp3) is 0.333. The minimum atomic E-state index is -0.203. The van der Waals surface area contributed by atoms with Crippen LogP contribution in [0.2, 0.25) is 0 Å². The Morgan fingerprint density at radius 2 is 1.70 bits per heavy atom. The Labute approximate surface area is 200 Å². The van der Waals surface area contributed by atoms with Crippen LogP contribution in [0.4, 0.5) is 10.5 Å². The summed E-state index contributed by atoms with van der Waals surface area (Å²) in [4.78, 5) is 32.6. The van der Waals surface area contributed by atoms with E-state index in [1.54, 1.807) is 16.2 Å². The maximum atomic E-state index is 13.5. The SMILES string of the molecule is Cc1ccc(CN(Cc2ccccc2)C(=O)CN(C(=O)Nc2cccc(C)c2C)C2CC2)s1. The Kier molecular flexibility index (Phi) is 7.14. The lowest BCUT2D eigenvalue weighted by Crippen LogP contribution is -2.45. The van der Waals surface area contributed by atoms with E-state index in [1.165, 1.54) is 4.88 Å². The molecule has 1 fully saturated rings. The van der Waals surface area contributed by atoms with Crippen molar-refractivity contribution in [1.29, 1.82) is 0 Å². The van der Waals surface area contributed by atoms with Crippen LogP contribution in [0.3, 0.4) is 0 Å². The minimum Gasteiger partial charge on any atom is -0.332 e. The quantitative estimate of drug-likeness (QED) is 0.454. The van der Waals surface area contributed by atoms with Crippen LogP contribution in [0, 0.1) is 20.8 Å². The number of hydrogen-bond donors (Lipinski definition) is 1. The van der Waals surface area contributed by atoms with E-state index in [0.29, 0.717) is 13.1 Å². The first-order valence-electron chi connectivity index (χ1n) is 11.4. The second-order valence-corrected chi connectivity index (χ2v) is 10.2. The van der Waals surface area contributed by atoms with Crippen molar-refractivity contribution in [3.63, 3.8) is 0 Å². The number of aryl methyl sites for hydroxylation is 2. The molecule has 1 N–H and O–H groups in total. The third-order valence-electron chi connectivity index (χ3n) is 6.11. The number of rotatable bonds is 8. The lowest BCUT2D eigenvalue weighted by Gasteiger charge is -2.28. The summed E-state index contributed by atoms with van der Waals surface area (Å²) < 4.78 is 0. The zero-order valence-corrected chi connectivity index (χ0v) is 20.3. The number of carbonyl (C=O) groups is 2. The summed E-state index contributed by atoms with van der Waals surface area (Å²) in [6, 6.07) is 20.0. The molecule has 33 heavy (non-hydrogen) atoms. The fourth-order valence-corrected chi connectivity index (χ4v) is 4.77. The molecule has 1 aromatic heterocycles. The van der Waals surface area contributed by atoms with Crippen molar-refractivity contribution in [2.75, 3.05) is 11.9 Å². The second-order valence-electron chi connectivity index (χ2n) is 8.78. The predicted molar refractivity (Wildman–Crippen MR) is 134 cm³/mol. The van der Waals surface area contributed by atoms with Crippen LogP contribution in [0.25, 0.3) is 0 Å². The monoisotopic (exact) mass is 461 g/mol. The molecule has 0 aliphatic heterocycles. The lowest BCUT2D eigenvalue weighted by molar-refractivity contribution is -0.133. The topological polar surface area (TPSA) is 52.7 Å². The summed E-state index contributed by atoms with van der Waals surface area (Å²) >= 11 is 1.71. The van der Waals surface area contributed by atoms with E-state index in [9.17, 15) is 9.59 Å². The van der Waals surface area contributed by atoms with Gasteiger partial charge < -0.3 is 15.1 Å². The summed E-state index contributed by atoms with van der Waals surface area (Å²) in [6.45, 7) is 7.25. The molecular formula is C27H31N3O2S. The normalized spacial score (nSPS) is 12.9. The zero-order valence-electron chi connectivity index (χ0n) is 19.5. The van der Waals surface area contributed by atoms with Gasteiger partial charge >= 0.3 is 6.03 Å². The Balaban J connectivity index is 1.50. The number of benzene rings is 2. The maximum absolute atomic E-state index is 13.5. The highest BCUT2D eigenvalue weighted by Crippen LogP contribution is 2.29. The third-order valence-corrected chi connectivity index (χ3v) is 7.10. The standard InChI is InChI=1S/C27H31N3O2S/c1-19-8-7-11-25(21(19)3)28-27(32)30(23-13-14-23)18-26(31)29(16-22-9-5-4-6-10-22)17-24-15-12-20(2)33-24/h4-12,15,23H,13-14,16-18H2,1-3H3,(H,28,32). The van der Waals surface area contributed by atoms with Crippen LogP contribution in [-0.4, -0.2) is 34.3 Å². The van der Waals surface area contributed by atoms with E-state index in [0.717, 1.165) is 40.1 Å². The van der Waals surface area contributed by atoms with E-state index in [-0.39, 0.29) is 24.5 Å². The van der Waals surface area contributed by atoms with Crippen molar-refractivity contribution in [2.24, 2.45) is 0 Å². The lowest BCUT2D eigenvalue weighted by atomic mass is 10.1. The highest BCUT2D eigenvalue weighted by Gasteiger charge is 2.35. The van der Waals surface area contributed by atoms with E-state index < -0.39 is 0 Å². The molecule has 6 heteroatoms. The van der Waals surface area contributed by atoms with Crippen molar-refractivity contribution in [3.8, 4) is 0 Å². The first-order chi connectivity index (χ1) is 15.9. The molecule has 3 aromatic rings. The molecule has 1 saturated carbocycles. The van der Waals surface area contributed by atoms with Gasteiger partial charge in [0.25, 0.3) is 0 Å². The summed E-state index contributed by atoms with van der Waals surface area (Å²) in [5.41, 5.74) is 4.05. The summed E-state index contributed by atoms with van der Waals surface area (Å²) in [5, 5.41) is 3.04. The van der Waals surface area contributed by atoms with E-state index >= 15 is 0 Å². The molecule has 3 amide bonds. The van der Waals surface area contributed by atoms with Crippen LogP contribution in [0.5, 0.6) is 0 Å². The molecule has 0 radical (unpaired) electrons. The molecule has 0 atom stereocenters. The fourth-order valence-electron chi connectivity index (χ4n) is 3.87. The van der Waals surface area contributed by atoms with Gasteiger partial charge in [-0.25, -0.2) is 4.79 Å². The van der Waals surface area contributed by atoms with Gasteiger partial charge in [0.05, 0.1) is 6.54 Å². The molecular weight excluding hydrogens is 430 g/mol. The number of hydrogen-bond acceptors (Lipinski definition) is 3. The third kappa shape index (κ3) is 6.02. The van der Waals surface area contributed by atoms with Crippen molar-refractivity contribution < 1.29 is 9.59 Å². The van der Waals surface area contributed by atoms with Gasteiger partial charge in [-0.05, 0) is 68.5 Å². The maximum Gasteiger partial charge on any atom is 0.322 e. The highest BCUT2D eigenvalue weighted by atomic mass is 32.1. The Hall–Kier alpha value is -3.12.